The molecule has 1 aromatic carbocycles. The monoisotopic (exact) mass is 329 g/mol. The molecule has 6 heteroatoms. The summed E-state index contributed by atoms with van der Waals surface area (Å²) < 4.78 is 32.0. The molecule has 0 aliphatic carbocycles. The molecule has 0 amide bonds. The Morgan fingerprint density at radius 2 is 1.90 bits per heavy atom. The zero-order valence-electron chi connectivity index (χ0n) is 11.9. The Balaban J connectivity index is 1.94. The topological polar surface area (TPSA) is 46.6 Å². The van der Waals surface area contributed by atoms with Crippen molar-refractivity contribution in [3.8, 4) is 0 Å². The first kappa shape index (κ1) is 16.5. The maximum atomic E-state index is 12.5. The molecular formula is C15H20ClNO3S. The standard InChI is InChI=1S/C15H20ClNO3S/c1-2-11-20-12-13-7-9-17(10-8-13)21(18,19)15-5-3-14(16)4-6-15/h2-6,13H,1,7-12H2. The highest BCUT2D eigenvalue weighted by atomic mass is 35.5. The fraction of sp³-hybridized carbons (Fsp3) is 0.467. The number of halogens is 1. The number of ether oxygens (including phenoxy) is 1. The normalized spacial score (nSPS) is 17.8. The maximum absolute atomic E-state index is 12.5. The van der Waals surface area contributed by atoms with Crippen LogP contribution in [0, 0.1) is 5.92 Å². The highest BCUT2D eigenvalue weighted by molar-refractivity contribution is 7.89. The molecule has 21 heavy (non-hydrogen) atoms. The molecule has 1 aromatic rings. The van der Waals surface area contributed by atoms with Gasteiger partial charge in [0, 0.05) is 24.7 Å². The van der Waals surface area contributed by atoms with Crippen LogP contribution in [0.5, 0.6) is 0 Å². The summed E-state index contributed by atoms with van der Waals surface area (Å²) in [6.07, 6.45) is 3.37. The van der Waals surface area contributed by atoms with Gasteiger partial charge in [0.05, 0.1) is 11.5 Å². The number of nitrogens with zero attached hydrogens (tertiary/aromatic N) is 1. The Labute approximate surface area is 131 Å². The van der Waals surface area contributed by atoms with E-state index in [4.69, 9.17) is 16.3 Å². The summed E-state index contributed by atoms with van der Waals surface area (Å²) in [5, 5.41) is 0.534. The van der Waals surface area contributed by atoms with Crippen LogP contribution in [0.15, 0.2) is 41.8 Å². The fourth-order valence-electron chi connectivity index (χ4n) is 2.39. The number of hydrogen-bond acceptors (Lipinski definition) is 3. The molecule has 0 N–H and O–H groups in total. The minimum Gasteiger partial charge on any atom is -0.377 e. The predicted molar refractivity (Wildman–Crippen MR) is 84.0 cm³/mol. The highest BCUT2D eigenvalue weighted by Crippen LogP contribution is 2.24. The van der Waals surface area contributed by atoms with Crippen molar-refractivity contribution in [2.75, 3.05) is 26.3 Å². The van der Waals surface area contributed by atoms with Gasteiger partial charge in [-0.3, -0.25) is 0 Å². The SMILES string of the molecule is C=CCOCC1CCN(S(=O)(=O)c2ccc(Cl)cc2)CC1. The van der Waals surface area contributed by atoms with Gasteiger partial charge in [0.2, 0.25) is 10.0 Å². The predicted octanol–water partition coefficient (Wildman–Crippen LogP) is 2.94. The van der Waals surface area contributed by atoms with Crippen LogP contribution >= 0.6 is 11.6 Å². The van der Waals surface area contributed by atoms with Crippen molar-refractivity contribution < 1.29 is 13.2 Å². The van der Waals surface area contributed by atoms with Gasteiger partial charge < -0.3 is 4.74 Å². The summed E-state index contributed by atoms with van der Waals surface area (Å²) in [4.78, 5) is 0.299. The third-order valence-corrected chi connectivity index (χ3v) is 5.78. The highest BCUT2D eigenvalue weighted by Gasteiger charge is 2.29. The van der Waals surface area contributed by atoms with Crippen LogP contribution in [-0.4, -0.2) is 39.0 Å². The molecule has 0 bridgehead atoms. The smallest absolute Gasteiger partial charge is 0.243 e. The first-order valence-corrected chi connectivity index (χ1v) is 8.80. The van der Waals surface area contributed by atoms with E-state index in [1.807, 2.05) is 0 Å². The second kappa shape index (κ2) is 7.40. The van der Waals surface area contributed by atoms with Gasteiger partial charge in [-0.2, -0.15) is 4.31 Å². The largest absolute Gasteiger partial charge is 0.377 e. The Hall–Kier alpha value is -0.880. The van der Waals surface area contributed by atoms with E-state index in [-0.39, 0.29) is 0 Å². The van der Waals surface area contributed by atoms with Crippen molar-refractivity contribution in [3.05, 3.63) is 41.9 Å². The number of sulfonamides is 1. The Morgan fingerprint density at radius 1 is 1.29 bits per heavy atom. The van der Waals surface area contributed by atoms with Crippen molar-refractivity contribution in [1.29, 1.82) is 0 Å². The molecule has 0 saturated carbocycles. The van der Waals surface area contributed by atoms with Gasteiger partial charge in [-0.25, -0.2) is 8.42 Å². The molecule has 0 radical (unpaired) electrons. The minimum atomic E-state index is -3.41. The van der Waals surface area contributed by atoms with E-state index in [1.54, 1.807) is 34.6 Å². The molecular weight excluding hydrogens is 310 g/mol. The third kappa shape index (κ3) is 4.30. The lowest BCUT2D eigenvalue weighted by Gasteiger charge is -2.31. The van der Waals surface area contributed by atoms with E-state index < -0.39 is 10.0 Å². The summed E-state index contributed by atoms with van der Waals surface area (Å²) in [5.74, 6) is 0.418. The van der Waals surface area contributed by atoms with E-state index in [2.05, 4.69) is 6.58 Å². The summed E-state index contributed by atoms with van der Waals surface area (Å²) in [6.45, 7) is 5.89. The molecule has 1 aliphatic rings. The quantitative estimate of drug-likeness (QED) is 0.595. The van der Waals surface area contributed by atoms with E-state index in [1.165, 1.54) is 0 Å². The summed E-state index contributed by atoms with van der Waals surface area (Å²) in [7, 11) is -3.41. The molecule has 1 aliphatic heterocycles. The molecule has 1 heterocycles. The lowest BCUT2D eigenvalue weighted by atomic mass is 9.99. The molecule has 1 saturated heterocycles. The number of benzene rings is 1. The summed E-state index contributed by atoms with van der Waals surface area (Å²) >= 11 is 5.80. The third-order valence-electron chi connectivity index (χ3n) is 3.61. The number of rotatable bonds is 6. The molecule has 1 fully saturated rings. The first-order valence-electron chi connectivity index (χ1n) is 6.98. The van der Waals surface area contributed by atoms with Crippen LogP contribution in [0.25, 0.3) is 0 Å². The van der Waals surface area contributed by atoms with Crippen LogP contribution in [0.4, 0.5) is 0 Å². The molecule has 2 rings (SSSR count). The van der Waals surface area contributed by atoms with Gasteiger partial charge in [0.15, 0.2) is 0 Å². The lowest BCUT2D eigenvalue weighted by Crippen LogP contribution is -2.39. The summed E-state index contributed by atoms with van der Waals surface area (Å²) in [6, 6.07) is 6.31. The Morgan fingerprint density at radius 3 is 2.48 bits per heavy atom. The van der Waals surface area contributed by atoms with Crippen molar-refractivity contribution in [2.45, 2.75) is 17.7 Å². The van der Waals surface area contributed by atoms with Gasteiger partial charge in [-0.15, -0.1) is 6.58 Å². The van der Waals surface area contributed by atoms with E-state index in [9.17, 15) is 8.42 Å². The molecule has 0 atom stereocenters. The number of piperidine rings is 1. The second-order valence-corrected chi connectivity index (χ2v) is 7.50. The molecule has 4 nitrogen and oxygen atoms in total. The van der Waals surface area contributed by atoms with Crippen LogP contribution in [0.1, 0.15) is 12.8 Å². The summed E-state index contributed by atoms with van der Waals surface area (Å²) in [5.41, 5.74) is 0. The fourth-order valence-corrected chi connectivity index (χ4v) is 3.99. The van der Waals surface area contributed by atoms with E-state index in [0.29, 0.717) is 42.1 Å². The van der Waals surface area contributed by atoms with Crippen molar-refractivity contribution in [1.82, 2.24) is 4.31 Å². The van der Waals surface area contributed by atoms with Crippen molar-refractivity contribution >= 4 is 21.6 Å². The van der Waals surface area contributed by atoms with Crippen LogP contribution < -0.4 is 0 Å². The first-order chi connectivity index (χ1) is 10.0. The van der Waals surface area contributed by atoms with Crippen LogP contribution in [0.2, 0.25) is 5.02 Å². The molecule has 0 spiro atoms. The zero-order chi connectivity index (χ0) is 15.3. The van der Waals surface area contributed by atoms with E-state index >= 15 is 0 Å². The molecule has 0 aromatic heterocycles. The van der Waals surface area contributed by atoms with Crippen molar-refractivity contribution in [2.24, 2.45) is 5.92 Å². The number of hydrogen-bond donors (Lipinski definition) is 0. The average Bonchev–Trinajstić information content (AvgIpc) is 2.48. The van der Waals surface area contributed by atoms with Gasteiger partial charge in [0.1, 0.15) is 0 Å². The van der Waals surface area contributed by atoms with Crippen molar-refractivity contribution in [3.63, 3.8) is 0 Å². The van der Waals surface area contributed by atoms with Crippen LogP contribution in [-0.2, 0) is 14.8 Å². The van der Waals surface area contributed by atoms with Gasteiger partial charge >= 0.3 is 0 Å². The average molecular weight is 330 g/mol. The second-order valence-electron chi connectivity index (χ2n) is 5.13. The van der Waals surface area contributed by atoms with Gasteiger partial charge in [-0.1, -0.05) is 17.7 Å². The van der Waals surface area contributed by atoms with Crippen LogP contribution in [0.3, 0.4) is 0 Å². The van der Waals surface area contributed by atoms with Gasteiger partial charge in [0.25, 0.3) is 0 Å². The minimum absolute atomic E-state index is 0.299. The Bertz CT molecular complexity index is 563. The molecule has 0 unspecified atom stereocenters. The zero-order valence-corrected chi connectivity index (χ0v) is 13.4. The van der Waals surface area contributed by atoms with E-state index in [0.717, 1.165) is 12.8 Å². The maximum Gasteiger partial charge on any atom is 0.243 e. The van der Waals surface area contributed by atoms with Gasteiger partial charge in [-0.05, 0) is 43.0 Å². The Kier molecular flexibility index (Phi) is 5.81. The lowest BCUT2D eigenvalue weighted by molar-refractivity contribution is 0.0982. The molecule has 116 valence electrons.